The van der Waals surface area contributed by atoms with E-state index in [1.165, 1.54) is 18.2 Å². The summed E-state index contributed by atoms with van der Waals surface area (Å²) >= 11 is 0. The van der Waals surface area contributed by atoms with Gasteiger partial charge in [-0.15, -0.1) is 0 Å². The molecular formula is C10H13NO4. The molecule has 0 amide bonds. The van der Waals surface area contributed by atoms with Gasteiger partial charge < -0.3 is 10.2 Å². The minimum Gasteiger partial charge on any atom is -0.396 e. The molecule has 2 atom stereocenters. The van der Waals surface area contributed by atoms with E-state index in [-0.39, 0.29) is 17.9 Å². The van der Waals surface area contributed by atoms with Gasteiger partial charge in [-0.2, -0.15) is 0 Å². The number of nitro benzene ring substituents is 1. The fourth-order valence-electron chi connectivity index (χ4n) is 1.31. The molecule has 2 N–H and O–H groups in total. The van der Waals surface area contributed by atoms with Crippen molar-refractivity contribution in [1.82, 2.24) is 0 Å². The maximum absolute atomic E-state index is 10.7. The minimum atomic E-state index is -1.02. The third-order valence-corrected chi connectivity index (χ3v) is 2.28. The molecule has 5 heteroatoms. The second kappa shape index (κ2) is 4.86. The molecule has 0 radical (unpaired) electrons. The number of nitrogens with zero attached hydrogens (tertiary/aromatic N) is 1. The van der Waals surface area contributed by atoms with Gasteiger partial charge in [0.15, 0.2) is 0 Å². The van der Waals surface area contributed by atoms with Crippen LogP contribution in [0.25, 0.3) is 0 Å². The van der Waals surface area contributed by atoms with Gasteiger partial charge in [-0.1, -0.05) is 19.1 Å². The van der Waals surface area contributed by atoms with Crippen molar-refractivity contribution in [2.75, 3.05) is 6.61 Å². The van der Waals surface area contributed by atoms with E-state index in [9.17, 15) is 15.2 Å². The Morgan fingerprint density at radius 2 is 2.07 bits per heavy atom. The molecule has 0 spiro atoms. The van der Waals surface area contributed by atoms with Crippen LogP contribution in [0.4, 0.5) is 5.69 Å². The summed E-state index contributed by atoms with van der Waals surface area (Å²) in [4.78, 5) is 10.1. The van der Waals surface area contributed by atoms with Gasteiger partial charge >= 0.3 is 0 Å². The highest BCUT2D eigenvalue weighted by Gasteiger charge is 2.23. The lowest BCUT2D eigenvalue weighted by Crippen LogP contribution is -2.14. The molecule has 0 aromatic heterocycles. The molecule has 1 aromatic carbocycles. The summed E-state index contributed by atoms with van der Waals surface area (Å²) in [7, 11) is 0. The highest BCUT2D eigenvalue weighted by atomic mass is 16.6. The Hall–Kier alpha value is -1.46. The Morgan fingerprint density at radius 1 is 1.47 bits per heavy atom. The van der Waals surface area contributed by atoms with E-state index in [2.05, 4.69) is 0 Å². The van der Waals surface area contributed by atoms with Gasteiger partial charge in [-0.25, -0.2) is 0 Å². The van der Waals surface area contributed by atoms with Gasteiger partial charge in [-0.3, -0.25) is 10.1 Å². The number of hydrogen-bond acceptors (Lipinski definition) is 4. The Morgan fingerprint density at radius 3 is 2.60 bits per heavy atom. The quantitative estimate of drug-likeness (QED) is 0.580. The molecule has 1 aromatic rings. The molecule has 5 nitrogen and oxygen atoms in total. The van der Waals surface area contributed by atoms with Crippen LogP contribution in [0.15, 0.2) is 24.3 Å². The molecule has 1 rings (SSSR count). The second-order valence-corrected chi connectivity index (χ2v) is 3.42. The number of aliphatic hydroxyl groups is 2. The average molecular weight is 211 g/mol. The highest BCUT2D eigenvalue weighted by molar-refractivity contribution is 5.41. The van der Waals surface area contributed by atoms with Crippen LogP contribution in [0.1, 0.15) is 18.6 Å². The summed E-state index contributed by atoms with van der Waals surface area (Å²) in [6, 6.07) is 5.99. The van der Waals surface area contributed by atoms with Gasteiger partial charge in [0, 0.05) is 18.6 Å². The normalized spacial score (nSPS) is 14.6. The highest BCUT2D eigenvalue weighted by Crippen LogP contribution is 2.29. The van der Waals surface area contributed by atoms with Gasteiger partial charge in [-0.05, 0) is 6.07 Å². The summed E-state index contributed by atoms with van der Waals surface area (Å²) in [6.07, 6.45) is -1.02. The van der Waals surface area contributed by atoms with Crippen molar-refractivity contribution in [3.63, 3.8) is 0 Å². The van der Waals surface area contributed by atoms with Crippen LogP contribution in [0.3, 0.4) is 0 Å². The first-order valence-electron chi connectivity index (χ1n) is 4.60. The molecule has 82 valence electrons. The maximum Gasteiger partial charge on any atom is 0.275 e. The summed E-state index contributed by atoms with van der Waals surface area (Å²) in [5.41, 5.74) is 0.120. The van der Waals surface area contributed by atoms with E-state index >= 15 is 0 Å². The average Bonchev–Trinajstić information content (AvgIpc) is 2.27. The number of nitro groups is 1. The van der Waals surface area contributed by atoms with Crippen LogP contribution < -0.4 is 0 Å². The molecular weight excluding hydrogens is 198 g/mol. The van der Waals surface area contributed by atoms with Crippen molar-refractivity contribution >= 4 is 5.69 Å². The standard InChI is InChI=1S/C10H13NO4/c1-7(6-12)10(13)8-4-2-3-5-9(8)11(14)15/h2-5,7,10,12-13H,6H2,1H3/t7-,10+/m0/s1. The fourth-order valence-corrected chi connectivity index (χ4v) is 1.31. The van der Waals surface area contributed by atoms with E-state index < -0.39 is 16.9 Å². The number of rotatable bonds is 4. The van der Waals surface area contributed by atoms with Crippen LogP contribution in [0.2, 0.25) is 0 Å². The predicted octanol–water partition coefficient (Wildman–Crippen LogP) is 1.26. The van der Waals surface area contributed by atoms with Crippen molar-refractivity contribution in [2.24, 2.45) is 5.92 Å². The molecule has 0 unspecified atom stereocenters. The molecule has 0 saturated carbocycles. The zero-order chi connectivity index (χ0) is 11.4. The van der Waals surface area contributed by atoms with Crippen LogP contribution in [-0.4, -0.2) is 21.7 Å². The number of para-hydroxylation sites is 1. The Balaban J connectivity index is 3.07. The molecule has 0 aliphatic rings. The van der Waals surface area contributed by atoms with E-state index in [1.807, 2.05) is 0 Å². The molecule has 0 heterocycles. The SMILES string of the molecule is C[C@@H](CO)[C@@H](O)c1ccccc1[N+](=O)[O-]. The van der Waals surface area contributed by atoms with Gasteiger partial charge in [0.05, 0.1) is 16.6 Å². The van der Waals surface area contributed by atoms with Crippen LogP contribution in [-0.2, 0) is 0 Å². The molecule has 15 heavy (non-hydrogen) atoms. The van der Waals surface area contributed by atoms with Crippen LogP contribution in [0.5, 0.6) is 0 Å². The lowest BCUT2D eigenvalue weighted by atomic mass is 9.97. The van der Waals surface area contributed by atoms with E-state index in [1.54, 1.807) is 13.0 Å². The lowest BCUT2D eigenvalue weighted by molar-refractivity contribution is -0.386. The topological polar surface area (TPSA) is 83.6 Å². The van der Waals surface area contributed by atoms with Crippen molar-refractivity contribution in [3.8, 4) is 0 Å². The van der Waals surface area contributed by atoms with Gasteiger partial charge in [0.1, 0.15) is 0 Å². The first-order valence-corrected chi connectivity index (χ1v) is 4.60. The summed E-state index contributed by atoms with van der Waals surface area (Å²) < 4.78 is 0. The van der Waals surface area contributed by atoms with Crippen molar-refractivity contribution in [2.45, 2.75) is 13.0 Å². The Labute approximate surface area is 87.1 Å². The van der Waals surface area contributed by atoms with Crippen molar-refractivity contribution < 1.29 is 15.1 Å². The zero-order valence-corrected chi connectivity index (χ0v) is 8.33. The molecule has 0 fully saturated rings. The lowest BCUT2D eigenvalue weighted by Gasteiger charge is -2.16. The summed E-state index contributed by atoms with van der Waals surface area (Å²) in [5.74, 6) is -0.425. The first-order chi connectivity index (χ1) is 7.07. The van der Waals surface area contributed by atoms with Crippen LogP contribution in [0, 0.1) is 16.0 Å². The number of benzene rings is 1. The van der Waals surface area contributed by atoms with E-state index in [0.717, 1.165) is 0 Å². The Kier molecular flexibility index (Phi) is 3.76. The van der Waals surface area contributed by atoms with Gasteiger partial charge in [0.25, 0.3) is 5.69 Å². The molecule has 0 aliphatic carbocycles. The predicted molar refractivity (Wildman–Crippen MR) is 54.3 cm³/mol. The number of aliphatic hydroxyl groups excluding tert-OH is 2. The maximum atomic E-state index is 10.7. The fraction of sp³-hybridized carbons (Fsp3) is 0.400. The summed E-state index contributed by atoms with van der Waals surface area (Å²) in [5, 5.41) is 29.3. The largest absolute Gasteiger partial charge is 0.396 e. The zero-order valence-electron chi connectivity index (χ0n) is 8.33. The first kappa shape index (κ1) is 11.6. The monoisotopic (exact) mass is 211 g/mol. The molecule has 0 aliphatic heterocycles. The third kappa shape index (κ3) is 2.51. The van der Waals surface area contributed by atoms with Crippen molar-refractivity contribution in [1.29, 1.82) is 0 Å². The van der Waals surface area contributed by atoms with Crippen molar-refractivity contribution in [3.05, 3.63) is 39.9 Å². The van der Waals surface area contributed by atoms with E-state index in [0.29, 0.717) is 0 Å². The minimum absolute atomic E-state index is 0.120. The molecule has 0 saturated heterocycles. The molecule has 0 bridgehead atoms. The van der Waals surface area contributed by atoms with Crippen LogP contribution >= 0.6 is 0 Å². The third-order valence-electron chi connectivity index (χ3n) is 2.28. The number of hydrogen-bond donors (Lipinski definition) is 2. The Bertz CT molecular complexity index is 353. The smallest absolute Gasteiger partial charge is 0.275 e. The van der Waals surface area contributed by atoms with Gasteiger partial charge in [0.2, 0.25) is 0 Å². The van der Waals surface area contributed by atoms with E-state index in [4.69, 9.17) is 5.11 Å². The summed E-state index contributed by atoms with van der Waals surface area (Å²) in [6.45, 7) is 1.41. The second-order valence-electron chi connectivity index (χ2n) is 3.42.